The van der Waals surface area contributed by atoms with Crippen molar-refractivity contribution in [3.8, 4) is 0 Å². The average Bonchev–Trinajstić information content (AvgIpc) is 2.03. The van der Waals surface area contributed by atoms with Gasteiger partial charge in [0, 0.05) is 6.04 Å². The molecule has 0 aliphatic carbocycles. The lowest BCUT2D eigenvalue weighted by atomic mass is 9.83. The summed E-state index contributed by atoms with van der Waals surface area (Å²) in [6.45, 7) is 8.47. The zero-order valence-electron chi connectivity index (χ0n) is 8.67. The molecule has 1 nitrogen and oxygen atoms in total. The minimum atomic E-state index is 0.105. The van der Waals surface area contributed by atoms with Crippen LogP contribution in [0.3, 0.4) is 0 Å². The summed E-state index contributed by atoms with van der Waals surface area (Å²) >= 11 is 0. The van der Waals surface area contributed by atoms with Gasteiger partial charge in [-0.3, -0.25) is 0 Å². The molecule has 70 valence electrons. The predicted octanol–water partition coefficient (Wildman–Crippen LogP) is 2.88. The predicted molar refractivity (Wildman–Crippen MR) is 56.0 cm³/mol. The van der Waals surface area contributed by atoms with Crippen molar-refractivity contribution in [1.82, 2.24) is 0 Å². The van der Waals surface area contributed by atoms with Gasteiger partial charge in [-0.2, -0.15) is 0 Å². The van der Waals surface area contributed by atoms with Crippen molar-refractivity contribution in [1.29, 1.82) is 0 Å². The van der Waals surface area contributed by atoms with Crippen molar-refractivity contribution < 1.29 is 0 Å². The van der Waals surface area contributed by atoms with Gasteiger partial charge in [0.05, 0.1) is 0 Å². The van der Waals surface area contributed by atoms with E-state index >= 15 is 0 Å². The van der Waals surface area contributed by atoms with Crippen molar-refractivity contribution in [2.45, 2.75) is 40.2 Å². The Morgan fingerprint density at radius 1 is 1.33 bits per heavy atom. The molecule has 0 aromatic rings. The summed E-state index contributed by atoms with van der Waals surface area (Å²) in [6.07, 6.45) is 9.30. The Hall–Kier alpha value is -0.560. The lowest BCUT2D eigenvalue weighted by Gasteiger charge is -2.27. The fourth-order valence-electron chi connectivity index (χ4n) is 1.06. The molecule has 0 rings (SSSR count). The molecule has 0 aromatic heterocycles. The van der Waals surface area contributed by atoms with Crippen LogP contribution in [0.2, 0.25) is 0 Å². The van der Waals surface area contributed by atoms with E-state index < -0.39 is 0 Å². The topological polar surface area (TPSA) is 26.0 Å². The molecule has 0 fully saturated rings. The number of hydrogen-bond acceptors (Lipinski definition) is 1. The van der Waals surface area contributed by atoms with Crippen molar-refractivity contribution >= 4 is 0 Å². The lowest BCUT2D eigenvalue weighted by Crippen LogP contribution is -2.35. The van der Waals surface area contributed by atoms with Crippen LogP contribution in [-0.2, 0) is 0 Å². The van der Waals surface area contributed by atoms with Gasteiger partial charge >= 0.3 is 0 Å². The third-order valence-corrected chi connectivity index (χ3v) is 2.22. The molecule has 0 bridgehead atoms. The summed E-state index contributed by atoms with van der Waals surface area (Å²) in [5, 5.41) is 0. The van der Waals surface area contributed by atoms with Gasteiger partial charge in [0.15, 0.2) is 0 Å². The summed E-state index contributed by atoms with van der Waals surface area (Å²) in [6, 6.07) is 0.249. The lowest BCUT2D eigenvalue weighted by molar-refractivity contribution is 0.362. The van der Waals surface area contributed by atoms with E-state index in [-0.39, 0.29) is 11.5 Å². The highest BCUT2D eigenvalue weighted by atomic mass is 14.7. The van der Waals surface area contributed by atoms with Crippen molar-refractivity contribution in [2.75, 3.05) is 0 Å². The van der Waals surface area contributed by atoms with E-state index in [4.69, 9.17) is 5.73 Å². The van der Waals surface area contributed by atoms with Crippen LogP contribution in [0.4, 0.5) is 0 Å². The molecule has 0 amide bonds. The molecule has 0 saturated heterocycles. The third-order valence-electron chi connectivity index (χ3n) is 2.22. The van der Waals surface area contributed by atoms with E-state index in [1.807, 2.05) is 19.1 Å². The Balaban J connectivity index is 4.20. The standard InChI is InChI=1S/C11H21N/c1-5-7-8-9-11(3,4)10(12)6-2/h5,7-10H,6,12H2,1-4H3. The van der Waals surface area contributed by atoms with E-state index in [0.717, 1.165) is 6.42 Å². The molecule has 1 atom stereocenters. The molecule has 1 unspecified atom stereocenters. The fourth-order valence-corrected chi connectivity index (χ4v) is 1.06. The second-order valence-corrected chi connectivity index (χ2v) is 3.72. The summed E-state index contributed by atoms with van der Waals surface area (Å²) in [4.78, 5) is 0. The van der Waals surface area contributed by atoms with E-state index in [1.165, 1.54) is 0 Å². The first kappa shape index (κ1) is 11.4. The van der Waals surface area contributed by atoms with Crippen molar-refractivity contribution in [2.24, 2.45) is 11.1 Å². The molecule has 0 saturated carbocycles. The van der Waals surface area contributed by atoms with Crippen LogP contribution in [0.5, 0.6) is 0 Å². The highest BCUT2D eigenvalue weighted by Crippen LogP contribution is 2.22. The second-order valence-electron chi connectivity index (χ2n) is 3.72. The normalized spacial score (nSPS) is 16.1. The largest absolute Gasteiger partial charge is 0.327 e. The van der Waals surface area contributed by atoms with Crippen LogP contribution in [0.25, 0.3) is 0 Å². The maximum Gasteiger partial charge on any atom is 0.0122 e. The second kappa shape index (κ2) is 5.15. The van der Waals surface area contributed by atoms with Gasteiger partial charge in [0.1, 0.15) is 0 Å². The Kier molecular flexibility index (Phi) is 4.91. The molecular weight excluding hydrogens is 146 g/mol. The number of hydrogen-bond donors (Lipinski definition) is 1. The summed E-state index contributed by atoms with van der Waals surface area (Å²) in [5.41, 5.74) is 6.06. The smallest absolute Gasteiger partial charge is 0.0122 e. The minimum absolute atomic E-state index is 0.105. The Labute approximate surface area is 76.3 Å². The Morgan fingerprint density at radius 3 is 2.33 bits per heavy atom. The van der Waals surface area contributed by atoms with Crippen molar-refractivity contribution in [3.63, 3.8) is 0 Å². The highest BCUT2D eigenvalue weighted by molar-refractivity contribution is 5.08. The highest BCUT2D eigenvalue weighted by Gasteiger charge is 2.20. The number of rotatable bonds is 4. The first-order valence-corrected chi connectivity index (χ1v) is 4.60. The van der Waals surface area contributed by atoms with Gasteiger partial charge in [-0.05, 0) is 18.8 Å². The van der Waals surface area contributed by atoms with E-state index in [1.54, 1.807) is 0 Å². The SMILES string of the molecule is CC=CC=CC(C)(C)C(N)CC. The molecule has 2 N–H and O–H groups in total. The zero-order chi connectivity index (χ0) is 9.61. The average molecular weight is 167 g/mol. The van der Waals surface area contributed by atoms with Crippen molar-refractivity contribution in [3.05, 3.63) is 24.3 Å². The van der Waals surface area contributed by atoms with Crippen LogP contribution >= 0.6 is 0 Å². The van der Waals surface area contributed by atoms with E-state index in [0.29, 0.717) is 0 Å². The van der Waals surface area contributed by atoms with Crippen LogP contribution in [0.1, 0.15) is 34.1 Å². The number of nitrogens with two attached hydrogens (primary N) is 1. The number of allylic oxidation sites excluding steroid dienone is 3. The Bertz CT molecular complexity index is 166. The van der Waals surface area contributed by atoms with Gasteiger partial charge in [0.25, 0.3) is 0 Å². The molecule has 12 heavy (non-hydrogen) atoms. The first-order chi connectivity index (χ1) is 5.54. The molecule has 0 radical (unpaired) electrons. The maximum absolute atomic E-state index is 5.96. The quantitative estimate of drug-likeness (QED) is 0.640. The molecule has 1 heteroatoms. The first-order valence-electron chi connectivity index (χ1n) is 4.60. The molecule has 0 spiro atoms. The van der Waals surface area contributed by atoms with Gasteiger partial charge in [-0.15, -0.1) is 0 Å². The van der Waals surface area contributed by atoms with Crippen LogP contribution in [-0.4, -0.2) is 6.04 Å². The van der Waals surface area contributed by atoms with Crippen LogP contribution < -0.4 is 5.73 Å². The van der Waals surface area contributed by atoms with Gasteiger partial charge in [-0.25, -0.2) is 0 Å². The van der Waals surface area contributed by atoms with Gasteiger partial charge in [-0.1, -0.05) is 45.1 Å². The molecule has 0 aliphatic heterocycles. The van der Waals surface area contributed by atoms with Crippen LogP contribution in [0, 0.1) is 5.41 Å². The minimum Gasteiger partial charge on any atom is -0.327 e. The Morgan fingerprint density at radius 2 is 1.92 bits per heavy atom. The third kappa shape index (κ3) is 3.72. The van der Waals surface area contributed by atoms with Crippen LogP contribution in [0.15, 0.2) is 24.3 Å². The van der Waals surface area contributed by atoms with Gasteiger partial charge < -0.3 is 5.73 Å². The van der Waals surface area contributed by atoms with E-state index in [9.17, 15) is 0 Å². The summed E-state index contributed by atoms with van der Waals surface area (Å²) in [5.74, 6) is 0. The molecule has 0 aromatic carbocycles. The molecular formula is C11H21N. The maximum atomic E-state index is 5.96. The van der Waals surface area contributed by atoms with Gasteiger partial charge in [0.2, 0.25) is 0 Å². The monoisotopic (exact) mass is 167 g/mol. The molecule has 0 aliphatic rings. The fraction of sp³-hybridized carbons (Fsp3) is 0.636. The summed E-state index contributed by atoms with van der Waals surface area (Å²) in [7, 11) is 0. The molecule has 0 heterocycles. The zero-order valence-corrected chi connectivity index (χ0v) is 8.67. The summed E-state index contributed by atoms with van der Waals surface area (Å²) < 4.78 is 0. The van der Waals surface area contributed by atoms with E-state index in [2.05, 4.69) is 32.9 Å².